The zero-order chi connectivity index (χ0) is 13.4. The second-order valence-electron chi connectivity index (χ2n) is 4.17. The van der Waals surface area contributed by atoms with Crippen molar-refractivity contribution in [3.8, 4) is 17.6 Å². The highest BCUT2D eigenvalue weighted by atomic mass is 35.5. The molecule has 4 nitrogen and oxygen atoms in total. The van der Waals surface area contributed by atoms with E-state index in [4.69, 9.17) is 16.9 Å². The first-order chi connectivity index (χ1) is 9.19. The maximum absolute atomic E-state index is 8.91. The van der Waals surface area contributed by atoms with Crippen molar-refractivity contribution in [2.45, 2.75) is 0 Å². The summed E-state index contributed by atoms with van der Waals surface area (Å²) in [5.41, 5.74) is 3.10. The van der Waals surface area contributed by atoms with E-state index < -0.39 is 0 Å². The molecule has 2 heterocycles. The number of rotatable bonds is 1. The smallest absolute Gasteiger partial charge is 0.159 e. The van der Waals surface area contributed by atoms with E-state index in [2.05, 4.69) is 16.0 Å². The number of nitrogens with zero attached hydrogens (tertiary/aromatic N) is 4. The molecule has 5 heteroatoms. The lowest BCUT2D eigenvalue weighted by atomic mass is 10.2. The highest BCUT2D eigenvalue weighted by Crippen LogP contribution is 2.23. The molecule has 0 saturated carbocycles. The number of aromatic nitrogens is 3. The summed E-state index contributed by atoms with van der Waals surface area (Å²) in [4.78, 5) is 8.79. The zero-order valence-electron chi connectivity index (χ0n) is 10.1. The molecule has 3 aromatic rings. The summed E-state index contributed by atoms with van der Waals surface area (Å²) in [6, 6.07) is 11.2. The van der Waals surface area contributed by atoms with Gasteiger partial charge in [0.25, 0.3) is 0 Å². The summed E-state index contributed by atoms with van der Waals surface area (Å²) < 4.78 is 1.95. The van der Waals surface area contributed by atoms with Crippen LogP contribution in [-0.4, -0.2) is 14.5 Å². The lowest BCUT2D eigenvalue weighted by Crippen LogP contribution is -1.94. The Morgan fingerprint density at radius 2 is 2.11 bits per heavy atom. The average Bonchev–Trinajstić information content (AvgIpc) is 2.76. The van der Waals surface area contributed by atoms with Gasteiger partial charge in [-0.2, -0.15) is 5.26 Å². The van der Waals surface area contributed by atoms with Gasteiger partial charge in [-0.25, -0.2) is 4.98 Å². The van der Waals surface area contributed by atoms with Gasteiger partial charge in [0.15, 0.2) is 5.82 Å². The molecule has 92 valence electrons. The molecular formula is C14H9ClN4. The number of nitriles is 1. The van der Waals surface area contributed by atoms with Crippen LogP contribution < -0.4 is 0 Å². The van der Waals surface area contributed by atoms with Gasteiger partial charge in [-0.05, 0) is 30.3 Å². The molecule has 19 heavy (non-hydrogen) atoms. The van der Waals surface area contributed by atoms with Crippen LogP contribution >= 0.6 is 11.6 Å². The van der Waals surface area contributed by atoms with Gasteiger partial charge in [0.05, 0.1) is 27.7 Å². The number of benzene rings is 1. The number of hydrogen-bond donors (Lipinski definition) is 0. The third kappa shape index (κ3) is 1.94. The molecule has 0 aliphatic heterocycles. The van der Waals surface area contributed by atoms with Crippen LogP contribution in [0.4, 0.5) is 0 Å². The number of hydrogen-bond acceptors (Lipinski definition) is 3. The quantitative estimate of drug-likeness (QED) is 0.681. The average molecular weight is 269 g/mol. The molecule has 0 atom stereocenters. The molecule has 0 aliphatic carbocycles. The molecule has 0 radical (unpaired) electrons. The summed E-state index contributed by atoms with van der Waals surface area (Å²) in [5, 5.41) is 9.50. The van der Waals surface area contributed by atoms with Crippen LogP contribution in [0.1, 0.15) is 5.56 Å². The van der Waals surface area contributed by atoms with Crippen molar-refractivity contribution in [2.24, 2.45) is 7.05 Å². The summed E-state index contributed by atoms with van der Waals surface area (Å²) in [6.45, 7) is 0. The van der Waals surface area contributed by atoms with E-state index in [0.29, 0.717) is 10.6 Å². The van der Waals surface area contributed by atoms with Gasteiger partial charge in [0, 0.05) is 13.2 Å². The van der Waals surface area contributed by atoms with Crippen LogP contribution in [0.3, 0.4) is 0 Å². The Labute approximate surface area is 114 Å². The minimum Gasteiger partial charge on any atom is -0.326 e. The molecule has 1 aromatic carbocycles. The summed E-state index contributed by atoms with van der Waals surface area (Å²) in [7, 11) is 1.92. The van der Waals surface area contributed by atoms with E-state index in [1.54, 1.807) is 24.4 Å². The molecule has 0 saturated heterocycles. The molecular weight excluding hydrogens is 260 g/mol. The maximum Gasteiger partial charge on any atom is 0.159 e. The van der Waals surface area contributed by atoms with Gasteiger partial charge in [-0.1, -0.05) is 11.6 Å². The topological polar surface area (TPSA) is 54.5 Å². The molecule has 0 N–H and O–H groups in total. The van der Waals surface area contributed by atoms with Crippen LogP contribution in [0.15, 0.2) is 36.5 Å². The first-order valence-electron chi connectivity index (χ1n) is 5.67. The molecule has 0 amide bonds. The highest BCUT2D eigenvalue weighted by molar-refractivity contribution is 6.30. The van der Waals surface area contributed by atoms with Crippen molar-refractivity contribution in [1.82, 2.24) is 14.5 Å². The maximum atomic E-state index is 8.91. The van der Waals surface area contributed by atoms with Gasteiger partial charge in [0.2, 0.25) is 0 Å². The molecule has 0 bridgehead atoms. The number of fused-ring (bicyclic) bond motifs is 1. The van der Waals surface area contributed by atoms with Gasteiger partial charge < -0.3 is 4.57 Å². The minimum atomic E-state index is 0.592. The Bertz CT molecular complexity index is 797. The van der Waals surface area contributed by atoms with Gasteiger partial charge in [-0.3, -0.25) is 4.98 Å². The monoisotopic (exact) mass is 268 g/mol. The highest BCUT2D eigenvalue weighted by Gasteiger charge is 2.11. The number of aryl methyl sites for hydroxylation is 1. The van der Waals surface area contributed by atoms with E-state index in [1.165, 1.54) is 0 Å². The predicted octanol–water partition coefficient (Wildman–Crippen LogP) is 3.16. The molecule has 0 spiro atoms. The predicted molar refractivity (Wildman–Crippen MR) is 73.7 cm³/mol. The molecule has 0 aliphatic rings. The van der Waals surface area contributed by atoms with Crippen LogP contribution in [0.2, 0.25) is 5.02 Å². The number of imidazole rings is 1. The van der Waals surface area contributed by atoms with Crippen molar-refractivity contribution in [1.29, 1.82) is 5.26 Å². The van der Waals surface area contributed by atoms with Crippen LogP contribution in [0.25, 0.3) is 22.6 Å². The van der Waals surface area contributed by atoms with Gasteiger partial charge >= 0.3 is 0 Å². The fourth-order valence-electron chi connectivity index (χ4n) is 2.01. The zero-order valence-corrected chi connectivity index (χ0v) is 10.9. The van der Waals surface area contributed by atoms with Crippen LogP contribution in [0.5, 0.6) is 0 Å². The van der Waals surface area contributed by atoms with Crippen molar-refractivity contribution < 1.29 is 0 Å². The molecule has 0 unspecified atom stereocenters. The normalized spacial score (nSPS) is 10.6. The Morgan fingerprint density at radius 1 is 1.26 bits per heavy atom. The van der Waals surface area contributed by atoms with Gasteiger partial charge in [-0.15, -0.1) is 0 Å². The Kier molecular flexibility index (Phi) is 2.69. The van der Waals surface area contributed by atoms with Crippen molar-refractivity contribution >= 4 is 22.6 Å². The Balaban J connectivity index is 2.22. The fraction of sp³-hybridized carbons (Fsp3) is 0.0714. The fourth-order valence-corrected chi connectivity index (χ4v) is 2.12. The van der Waals surface area contributed by atoms with E-state index >= 15 is 0 Å². The number of pyridine rings is 1. The van der Waals surface area contributed by atoms with Crippen molar-refractivity contribution in [3.63, 3.8) is 0 Å². The van der Waals surface area contributed by atoms with Crippen molar-refractivity contribution in [2.75, 3.05) is 0 Å². The third-order valence-electron chi connectivity index (χ3n) is 2.97. The summed E-state index contributed by atoms with van der Waals surface area (Å²) >= 11 is 5.83. The largest absolute Gasteiger partial charge is 0.326 e. The second-order valence-corrected chi connectivity index (χ2v) is 4.61. The standard InChI is InChI=1S/C14H9ClN4/c1-19-13-5-2-9(7-16)6-12(13)18-14(19)11-4-3-10(15)8-17-11/h2-6,8H,1H3. The van der Waals surface area contributed by atoms with E-state index in [0.717, 1.165) is 22.6 Å². The van der Waals surface area contributed by atoms with E-state index in [-0.39, 0.29) is 0 Å². The SMILES string of the molecule is Cn1c(-c2ccc(Cl)cn2)nc2cc(C#N)ccc21. The Hall–Kier alpha value is -2.38. The van der Waals surface area contributed by atoms with Crippen molar-refractivity contribution in [3.05, 3.63) is 47.1 Å². The van der Waals surface area contributed by atoms with E-state index in [9.17, 15) is 0 Å². The molecule has 3 rings (SSSR count). The lowest BCUT2D eigenvalue weighted by Gasteiger charge is -2.01. The minimum absolute atomic E-state index is 0.592. The lowest BCUT2D eigenvalue weighted by molar-refractivity contribution is 0.950. The molecule has 2 aromatic heterocycles. The summed E-state index contributed by atoms with van der Waals surface area (Å²) in [5.74, 6) is 0.752. The number of halogens is 1. The Morgan fingerprint density at radius 3 is 2.79 bits per heavy atom. The van der Waals surface area contributed by atoms with E-state index in [1.807, 2.05) is 23.7 Å². The molecule has 0 fully saturated rings. The first kappa shape index (κ1) is 11.7. The van der Waals surface area contributed by atoms with Crippen LogP contribution in [-0.2, 0) is 7.05 Å². The second kappa shape index (κ2) is 4.38. The first-order valence-corrected chi connectivity index (χ1v) is 6.05. The van der Waals surface area contributed by atoms with Crippen LogP contribution in [0, 0.1) is 11.3 Å². The third-order valence-corrected chi connectivity index (χ3v) is 3.19. The van der Waals surface area contributed by atoms with Gasteiger partial charge in [0.1, 0.15) is 5.69 Å². The summed E-state index contributed by atoms with van der Waals surface area (Å²) in [6.07, 6.45) is 1.59.